The number of ether oxygens (including phenoxy) is 1. The lowest BCUT2D eigenvalue weighted by atomic mass is 10.0. The van der Waals surface area contributed by atoms with Crippen LogP contribution in [-0.4, -0.2) is 45.0 Å². The Morgan fingerprint density at radius 1 is 1.16 bits per heavy atom. The smallest absolute Gasteiger partial charge is 0.254 e. The third-order valence-electron chi connectivity index (χ3n) is 5.86. The molecule has 3 heterocycles. The molecule has 4 rings (SSSR count). The van der Waals surface area contributed by atoms with Gasteiger partial charge < -0.3 is 9.64 Å². The summed E-state index contributed by atoms with van der Waals surface area (Å²) in [5, 5.41) is 0. The van der Waals surface area contributed by atoms with E-state index in [9.17, 15) is 9.18 Å². The van der Waals surface area contributed by atoms with Gasteiger partial charge in [0.25, 0.3) is 5.91 Å². The molecular weight excluding hydrogens is 407 g/mol. The van der Waals surface area contributed by atoms with Crippen LogP contribution < -0.4 is 4.74 Å². The number of aryl methyl sites for hydroxylation is 1. The van der Waals surface area contributed by atoms with Gasteiger partial charge in [-0.1, -0.05) is 24.1 Å². The Labute approximate surface area is 187 Å². The van der Waals surface area contributed by atoms with Gasteiger partial charge in [-0.05, 0) is 44.9 Å². The lowest BCUT2D eigenvalue weighted by Crippen LogP contribution is -2.41. The Hall–Kier alpha value is -3.35. The van der Waals surface area contributed by atoms with Crippen molar-refractivity contribution >= 4 is 5.91 Å². The van der Waals surface area contributed by atoms with E-state index in [0.717, 1.165) is 36.6 Å². The monoisotopic (exact) mass is 434 g/mol. The highest BCUT2D eigenvalue weighted by atomic mass is 19.1. The van der Waals surface area contributed by atoms with Crippen LogP contribution in [0.5, 0.6) is 5.88 Å². The van der Waals surface area contributed by atoms with Crippen LogP contribution in [0, 0.1) is 18.7 Å². The summed E-state index contributed by atoms with van der Waals surface area (Å²) in [4.78, 5) is 28.4. The first-order valence-corrected chi connectivity index (χ1v) is 10.9. The highest BCUT2D eigenvalue weighted by Crippen LogP contribution is 2.28. The maximum absolute atomic E-state index is 13.7. The summed E-state index contributed by atoms with van der Waals surface area (Å²) in [7, 11) is 0. The summed E-state index contributed by atoms with van der Waals surface area (Å²) < 4.78 is 18.9. The fraction of sp³-hybridized carbons (Fsp3) is 0.360. The van der Waals surface area contributed by atoms with Crippen LogP contribution in [0.4, 0.5) is 4.39 Å². The predicted molar refractivity (Wildman–Crippen MR) is 120 cm³/mol. The molecular formula is C25H27FN4O2. The van der Waals surface area contributed by atoms with Crippen molar-refractivity contribution in [2.45, 2.75) is 39.2 Å². The number of carbonyl (C=O) groups excluding carboxylic acids is 1. The van der Waals surface area contributed by atoms with Crippen LogP contribution >= 0.6 is 0 Å². The molecule has 1 aromatic carbocycles. The van der Waals surface area contributed by atoms with Gasteiger partial charge >= 0.3 is 0 Å². The molecule has 2 aromatic heterocycles. The number of hydrogen-bond acceptors (Lipinski definition) is 5. The zero-order valence-electron chi connectivity index (χ0n) is 18.4. The molecule has 32 heavy (non-hydrogen) atoms. The first-order valence-electron chi connectivity index (χ1n) is 10.9. The number of pyridine rings is 1. The van der Waals surface area contributed by atoms with E-state index in [0.29, 0.717) is 30.4 Å². The van der Waals surface area contributed by atoms with Crippen molar-refractivity contribution in [3.8, 4) is 17.3 Å². The van der Waals surface area contributed by atoms with Gasteiger partial charge in [0.15, 0.2) is 5.82 Å². The number of rotatable bonds is 5. The SMILES string of the molecule is Cc1ccc(-c2ncccn2)c(C(=O)N2CC(COc3ccc(F)cn3)CCCC2C)c1. The van der Waals surface area contributed by atoms with E-state index in [2.05, 4.69) is 21.9 Å². The minimum absolute atomic E-state index is 0.0181. The average molecular weight is 435 g/mol. The molecule has 1 amide bonds. The van der Waals surface area contributed by atoms with Crippen molar-refractivity contribution in [2.24, 2.45) is 5.92 Å². The molecule has 3 aromatic rings. The van der Waals surface area contributed by atoms with Gasteiger partial charge in [0.05, 0.1) is 18.4 Å². The number of likely N-dealkylation sites (tertiary alicyclic amines) is 1. The van der Waals surface area contributed by atoms with Crippen molar-refractivity contribution in [3.63, 3.8) is 0 Å². The average Bonchev–Trinajstić information content (AvgIpc) is 3.00. The number of hydrogen-bond donors (Lipinski definition) is 0. The first kappa shape index (κ1) is 21.9. The third-order valence-corrected chi connectivity index (χ3v) is 5.86. The molecule has 0 bridgehead atoms. The highest BCUT2D eigenvalue weighted by molar-refractivity contribution is 6.00. The van der Waals surface area contributed by atoms with E-state index >= 15 is 0 Å². The second-order valence-corrected chi connectivity index (χ2v) is 8.35. The number of nitrogens with zero attached hydrogens (tertiary/aromatic N) is 4. The number of aromatic nitrogens is 3. The number of benzene rings is 1. The van der Waals surface area contributed by atoms with Gasteiger partial charge in [0, 0.05) is 42.5 Å². The Bertz CT molecular complexity index is 1060. The Morgan fingerprint density at radius 2 is 1.97 bits per heavy atom. The van der Waals surface area contributed by atoms with Gasteiger partial charge in [-0.2, -0.15) is 0 Å². The minimum atomic E-state index is -0.395. The first-order chi connectivity index (χ1) is 15.5. The van der Waals surface area contributed by atoms with Crippen LogP contribution in [-0.2, 0) is 0 Å². The van der Waals surface area contributed by atoms with Gasteiger partial charge in [-0.15, -0.1) is 0 Å². The fourth-order valence-electron chi connectivity index (χ4n) is 4.10. The molecule has 1 saturated heterocycles. The molecule has 0 radical (unpaired) electrons. The lowest BCUT2D eigenvalue weighted by molar-refractivity contribution is 0.0654. The van der Waals surface area contributed by atoms with Crippen LogP contribution in [0.3, 0.4) is 0 Å². The second kappa shape index (κ2) is 9.85. The minimum Gasteiger partial charge on any atom is -0.477 e. The quantitative estimate of drug-likeness (QED) is 0.582. The molecule has 166 valence electrons. The van der Waals surface area contributed by atoms with E-state index in [1.807, 2.05) is 30.0 Å². The second-order valence-electron chi connectivity index (χ2n) is 8.35. The lowest BCUT2D eigenvalue weighted by Gasteiger charge is -2.30. The summed E-state index contributed by atoms with van der Waals surface area (Å²) >= 11 is 0. The molecule has 1 fully saturated rings. The molecule has 7 heteroatoms. The van der Waals surface area contributed by atoms with E-state index in [4.69, 9.17) is 4.74 Å². The van der Waals surface area contributed by atoms with Crippen molar-refractivity contribution in [2.75, 3.05) is 13.2 Å². The Kier molecular flexibility index (Phi) is 6.73. The van der Waals surface area contributed by atoms with E-state index in [-0.39, 0.29) is 17.9 Å². The Morgan fingerprint density at radius 3 is 2.72 bits per heavy atom. The fourth-order valence-corrected chi connectivity index (χ4v) is 4.10. The Balaban J connectivity index is 1.55. The van der Waals surface area contributed by atoms with Gasteiger partial charge in [-0.3, -0.25) is 4.79 Å². The standard InChI is InChI=1S/C25H27FN4O2/c1-17-7-9-21(24-27-11-4-12-28-24)22(13-17)25(31)30-15-19(6-3-5-18(30)2)16-32-23-10-8-20(26)14-29-23/h4,7-14,18-19H,3,5-6,15-16H2,1-2H3. The highest BCUT2D eigenvalue weighted by Gasteiger charge is 2.30. The maximum atomic E-state index is 13.7. The van der Waals surface area contributed by atoms with Crippen molar-refractivity contribution in [1.82, 2.24) is 19.9 Å². The van der Waals surface area contributed by atoms with E-state index in [1.165, 1.54) is 12.1 Å². The molecule has 0 saturated carbocycles. The summed E-state index contributed by atoms with van der Waals surface area (Å²) in [6.07, 6.45) is 7.41. The van der Waals surface area contributed by atoms with Gasteiger partial charge in [0.1, 0.15) is 5.82 Å². The van der Waals surface area contributed by atoms with Gasteiger partial charge in [0.2, 0.25) is 5.88 Å². The molecule has 0 N–H and O–H groups in total. The normalized spacial score (nSPS) is 18.8. The van der Waals surface area contributed by atoms with Crippen LogP contribution in [0.1, 0.15) is 42.1 Å². The van der Waals surface area contributed by atoms with Crippen LogP contribution in [0.15, 0.2) is 55.0 Å². The summed E-state index contributed by atoms with van der Waals surface area (Å²) in [6.45, 7) is 5.09. The largest absolute Gasteiger partial charge is 0.477 e. The molecule has 6 nitrogen and oxygen atoms in total. The zero-order chi connectivity index (χ0) is 22.5. The topological polar surface area (TPSA) is 68.2 Å². The van der Waals surface area contributed by atoms with E-state index in [1.54, 1.807) is 18.5 Å². The number of amides is 1. The van der Waals surface area contributed by atoms with E-state index < -0.39 is 5.82 Å². The summed E-state index contributed by atoms with van der Waals surface area (Å²) in [5.41, 5.74) is 2.36. The summed E-state index contributed by atoms with van der Waals surface area (Å²) in [5.74, 6) is 0.686. The predicted octanol–water partition coefficient (Wildman–Crippen LogP) is 4.70. The van der Waals surface area contributed by atoms with Crippen molar-refractivity contribution < 1.29 is 13.9 Å². The molecule has 0 aliphatic carbocycles. The van der Waals surface area contributed by atoms with Crippen LogP contribution in [0.25, 0.3) is 11.4 Å². The zero-order valence-corrected chi connectivity index (χ0v) is 18.4. The van der Waals surface area contributed by atoms with Gasteiger partial charge in [-0.25, -0.2) is 19.3 Å². The summed E-state index contributed by atoms with van der Waals surface area (Å²) in [6, 6.07) is 10.5. The number of carbonyl (C=O) groups is 1. The molecule has 1 aliphatic rings. The maximum Gasteiger partial charge on any atom is 0.254 e. The molecule has 1 aliphatic heterocycles. The van der Waals surface area contributed by atoms with Crippen molar-refractivity contribution in [1.29, 1.82) is 0 Å². The van der Waals surface area contributed by atoms with Crippen LogP contribution in [0.2, 0.25) is 0 Å². The number of halogens is 1. The third kappa shape index (κ3) is 5.10. The molecule has 0 spiro atoms. The molecule has 2 unspecified atom stereocenters. The van der Waals surface area contributed by atoms with Crippen molar-refractivity contribution in [3.05, 3.63) is 71.9 Å². The molecule has 2 atom stereocenters.